The van der Waals surface area contributed by atoms with Gasteiger partial charge in [0.2, 0.25) is 5.95 Å². The van der Waals surface area contributed by atoms with Gasteiger partial charge in [0.05, 0.1) is 10.7 Å². The molecule has 0 atom stereocenters. The van der Waals surface area contributed by atoms with Crippen LogP contribution in [0.25, 0.3) is 0 Å². The third-order valence-corrected chi connectivity index (χ3v) is 3.70. The highest BCUT2D eigenvalue weighted by Crippen LogP contribution is 2.19. The van der Waals surface area contributed by atoms with E-state index in [-0.39, 0.29) is 5.91 Å². The van der Waals surface area contributed by atoms with Crippen molar-refractivity contribution >= 4 is 23.2 Å². The van der Waals surface area contributed by atoms with Gasteiger partial charge in [0, 0.05) is 19.4 Å². The molecule has 0 fully saturated rings. The van der Waals surface area contributed by atoms with Crippen LogP contribution in [0.2, 0.25) is 0 Å². The Morgan fingerprint density at radius 3 is 2.88 bits per heavy atom. The first-order valence-electron chi connectivity index (χ1n) is 5.36. The fourth-order valence-corrected chi connectivity index (χ4v) is 2.36. The first-order chi connectivity index (χ1) is 8.11. The van der Waals surface area contributed by atoms with Crippen LogP contribution in [0.1, 0.15) is 27.3 Å². The van der Waals surface area contributed by atoms with E-state index in [4.69, 9.17) is 0 Å². The van der Waals surface area contributed by atoms with Crippen molar-refractivity contribution in [3.8, 4) is 0 Å². The van der Waals surface area contributed by atoms with E-state index in [1.807, 2.05) is 20.9 Å². The van der Waals surface area contributed by atoms with E-state index in [9.17, 15) is 4.79 Å². The number of imidazole rings is 1. The number of rotatable bonds is 3. The Bertz CT molecular complexity index is 543. The summed E-state index contributed by atoms with van der Waals surface area (Å²) in [5.41, 5.74) is 0.776. The van der Waals surface area contributed by atoms with Crippen LogP contribution in [0.4, 0.5) is 5.95 Å². The number of hydrogen-bond donors (Lipinski definition) is 1. The molecule has 1 N–H and O–H groups in total. The second-order valence-corrected chi connectivity index (χ2v) is 4.78. The highest BCUT2D eigenvalue weighted by atomic mass is 32.1. The Morgan fingerprint density at radius 2 is 2.35 bits per heavy atom. The van der Waals surface area contributed by atoms with Gasteiger partial charge in [-0.1, -0.05) is 6.92 Å². The minimum absolute atomic E-state index is 0.144. The molecule has 0 unspecified atom stereocenters. The second kappa shape index (κ2) is 4.67. The highest BCUT2D eigenvalue weighted by Gasteiger charge is 2.15. The van der Waals surface area contributed by atoms with Gasteiger partial charge in [0.15, 0.2) is 0 Å². The smallest absolute Gasteiger partial charge is 0.269 e. The van der Waals surface area contributed by atoms with Gasteiger partial charge >= 0.3 is 0 Å². The zero-order valence-electron chi connectivity index (χ0n) is 10.0. The molecule has 1 amide bonds. The normalized spacial score (nSPS) is 10.5. The molecule has 0 spiro atoms. The lowest BCUT2D eigenvalue weighted by molar-refractivity contribution is 0.102. The summed E-state index contributed by atoms with van der Waals surface area (Å²) in [7, 11) is 1.83. The number of carbonyl (C=O) groups is 1. The van der Waals surface area contributed by atoms with E-state index in [0.29, 0.717) is 10.8 Å². The van der Waals surface area contributed by atoms with Gasteiger partial charge in [0.1, 0.15) is 4.88 Å². The van der Waals surface area contributed by atoms with Crippen LogP contribution in [0.3, 0.4) is 0 Å². The molecule has 0 saturated carbocycles. The first-order valence-corrected chi connectivity index (χ1v) is 6.18. The quantitative estimate of drug-likeness (QED) is 0.906. The Kier molecular flexibility index (Phi) is 3.23. The topological polar surface area (TPSA) is 59.8 Å². The molecular weight excluding hydrogens is 236 g/mol. The first kappa shape index (κ1) is 11.8. The molecule has 2 aromatic heterocycles. The monoisotopic (exact) mass is 250 g/mol. The Hall–Kier alpha value is -1.69. The molecule has 0 radical (unpaired) electrons. The van der Waals surface area contributed by atoms with Gasteiger partial charge in [-0.15, -0.1) is 11.3 Å². The van der Waals surface area contributed by atoms with Crippen molar-refractivity contribution in [3.63, 3.8) is 0 Å². The summed E-state index contributed by atoms with van der Waals surface area (Å²) < 4.78 is 1.76. The standard InChI is InChI=1S/C11H14N4OS/c1-4-8-13-7(2)9(17-8)10(16)14-11-12-5-6-15(11)3/h5-6H,4H2,1-3H3,(H,12,14,16). The highest BCUT2D eigenvalue weighted by molar-refractivity contribution is 7.13. The van der Waals surface area contributed by atoms with Crippen molar-refractivity contribution in [2.24, 2.45) is 7.05 Å². The van der Waals surface area contributed by atoms with E-state index < -0.39 is 0 Å². The molecular formula is C11H14N4OS. The maximum atomic E-state index is 12.0. The molecule has 5 nitrogen and oxygen atoms in total. The molecule has 0 bridgehead atoms. The third kappa shape index (κ3) is 2.36. The molecule has 0 aliphatic heterocycles. The van der Waals surface area contributed by atoms with Gasteiger partial charge in [-0.05, 0) is 13.3 Å². The average molecular weight is 250 g/mol. The minimum atomic E-state index is -0.144. The van der Waals surface area contributed by atoms with Gasteiger partial charge in [-0.3, -0.25) is 10.1 Å². The number of hydrogen-bond acceptors (Lipinski definition) is 4. The summed E-state index contributed by atoms with van der Waals surface area (Å²) in [4.78, 5) is 21.1. The van der Waals surface area contributed by atoms with Crippen molar-refractivity contribution in [2.75, 3.05) is 5.32 Å². The maximum absolute atomic E-state index is 12.0. The predicted octanol–water partition coefficient (Wildman–Crippen LogP) is 2.00. The van der Waals surface area contributed by atoms with E-state index in [1.54, 1.807) is 17.0 Å². The molecule has 6 heteroatoms. The van der Waals surface area contributed by atoms with Crippen molar-refractivity contribution in [1.82, 2.24) is 14.5 Å². The van der Waals surface area contributed by atoms with Crippen LogP contribution in [0.15, 0.2) is 12.4 Å². The van der Waals surface area contributed by atoms with Crippen molar-refractivity contribution in [1.29, 1.82) is 0 Å². The number of nitrogens with one attached hydrogen (secondary N) is 1. The number of aryl methyl sites for hydroxylation is 3. The largest absolute Gasteiger partial charge is 0.320 e. The molecule has 2 aromatic rings. The van der Waals surface area contributed by atoms with Gasteiger partial charge in [0.25, 0.3) is 5.91 Å². The third-order valence-electron chi connectivity index (χ3n) is 2.40. The molecule has 0 saturated heterocycles. The fraction of sp³-hybridized carbons (Fsp3) is 0.364. The Labute approximate surface area is 104 Å². The summed E-state index contributed by atoms with van der Waals surface area (Å²) in [5.74, 6) is 0.398. The molecule has 0 aromatic carbocycles. The summed E-state index contributed by atoms with van der Waals surface area (Å²) in [6, 6.07) is 0. The number of aromatic nitrogens is 3. The van der Waals surface area contributed by atoms with Gasteiger partial charge in [-0.2, -0.15) is 0 Å². The number of thiazole rings is 1. The molecule has 0 aliphatic rings. The average Bonchev–Trinajstić information content (AvgIpc) is 2.86. The fourth-order valence-electron chi connectivity index (χ4n) is 1.46. The minimum Gasteiger partial charge on any atom is -0.320 e. The molecule has 17 heavy (non-hydrogen) atoms. The molecule has 2 rings (SSSR count). The molecule has 90 valence electrons. The molecule has 2 heterocycles. The van der Waals surface area contributed by atoms with Gasteiger partial charge < -0.3 is 4.57 Å². The van der Waals surface area contributed by atoms with Crippen LogP contribution in [-0.4, -0.2) is 20.4 Å². The van der Waals surface area contributed by atoms with E-state index >= 15 is 0 Å². The number of nitrogens with zero attached hydrogens (tertiary/aromatic N) is 3. The lowest BCUT2D eigenvalue weighted by Gasteiger charge is -2.02. The summed E-state index contributed by atoms with van der Waals surface area (Å²) in [6.45, 7) is 3.88. The van der Waals surface area contributed by atoms with Crippen molar-refractivity contribution in [2.45, 2.75) is 20.3 Å². The molecule has 0 aliphatic carbocycles. The van der Waals surface area contributed by atoms with E-state index in [1.165, 1.54) is 11.3 Å². The van der Waals surface area contributed by atoms with E-state index in [2.05, 4.69) is 15.3 Å². The summed E-state index contributed by atoms with van der Waals surface area (Å²) in [5, 5.41) is 3.75. The van der Waals surface area contributed by atoms with Crippen LogP contribution >= 0.6 is 11.3 Å². The van der Waals surface area contributed by atoms with E-state index in [0.717, 1.165) is 17.1 Å². The number of anilines is 1. The SMILES string of the molecule is CCc1nc(C)c(C(=O)Nc2nccn2C)s1. The zero-order valence-corrected chi connectivity index (χ0v) is 10.8. The van der Waals surface area contributed by atoms with Crippen LogP contribution in [0, 0.1) is 6.92 Å². The maximum Gasteiger partial charge on any atom is 0.269 e. The predicted molar refractivity (Wildman–Crippen MR) is 67.4 cm³/mol. The van der Waals surface area contributed by atoms with Crippen LogP contribution in [0.5, 0.6) is 0 Å². The van der Waals surface area contributed by atoms with Crippen molar-refractivity contribution < 1.29 is 4.79 Å². The number of carbonyl (C=O) groups excluding carboxylic acids is 1. The van der Waals surface area contributed by atoms with Crippen LogP contribution in [-0.2, 0) is 13.5 Å². The van der Waals surface area contributed by atoms with Crippen molar-refractivity contribution in [3.05, 3.63) is 28.0 Å². The second-order valence-electron chi connectivity index (χ2n) is 3.69. The van der Waals surface area contributed by atoms with Crippen LogP contribution < -0.4 is 5.32 Å². The lowest BCUT2D eigenvalue weighted by atomic mass is 10.4. The zero-order chi connectivity index (χ0) is 12.4. The number of amides is 1. The Morgan fingerprint density at radius 1 is 1.59 bits per heavy atom. The summed E-state index contributed by atoms with van der Waals surface area (Å²) in [6.07, 6.45) is 4.28. The van der Waals surface area contributed by atoms with Gasteiger partial charge in [-0.25, -0.2) is 9.97 Å². The summed E-state index contributed by atoms with van der Waals surface area (Å²) >= 11 is 1.44. The Balaban J connectivity index is 2.20. The lowest BCUT2D eigenvalue weighted by Crippen LogP contribution is -2.14.